The minimum absolute atomic E-state index is 0.611. The number of hydrogen-bond donors (Lipinski definition) is 0. The van der Waals surface area contributed by atoms with Crippen LogP contribution >= 0.6 is 0 Å². The van der Waals surface area contributed by atoms with Crippen LogP contribution in [0.1, 0.15) is 53.9 Å². The topological polar surface area (TPSA) is 3.24 Å². The van der Waals surface area contributed by atoms with Gasteiger partial charge in [-0.25, -0.2) is 0 Å². The molecule has 0 aromatic heterocycles. The molecule has 0 radical (unpaired) electrons. The van der Waals surface area contributed by atoms with Gasteiger partial charge in [0.15, 0.2) is 0 Å². The molecule has 1 rings (SSSR count). The van der Waals surface area contributed by atoms with Crippen LogP contribution in [-0.2, 0) is 0 Å². The highest BCUT2D eigenvalue weighted by atomic mass is 15.2. The molecule has 1 aliphatic heterocycles. The Kier molecular flexibility index (Phi) is 4.00. The molecule has 0 bridgehead atoms. The van der Waals surface area contributed by atoms with Crippen molar-refractivity contribution in [3.8, 4) is 0 Å². The van der Waals surface area contributed by atoms with E-state index in [4.69, 9.17) is 0 Å². The third-order valence-electron chi connectivity index (χ3n) is 4.47. The van der Waals surface area contributed by atoms with Crippen LogP contribution in [-0.4, -0.2) is 24.0 Å². The fourth-order valence-corrected chi connectivity index (χ4v) is 2.54. The van der Waals surface area contributed by atoms with Crippen LogP contribution in [0.4, 0.5) is 0 Å². The summed E-state index contributed by atoms with van der Waals surface area (Å²) >= 11 is 0. The van der Waals surface area contributed by atoms with Crippen molar-refractivity contribution in [3.05, 3.63) is 0 Å². The summed E-state index contributed by atoms with van der Waals surface area (Å²) in [7, 11) is 0. The first-order chi connectivity index (χ1) is 6.49. The van der Waals surface area contributed by atoms with Crippen molar-refractivity contribution >= 4 is 0 Å². The Hall–Kier alpha value is -0.0400. The first kappa shape index (κ1) is 12.0. The van der Waals surface area contributed by atoms with E-state index in [2.05, 4.69) is 39.5 Å². The lowest BCUT2D eigenvalue weighted by molar-refractivity contribution is 0.0540. The van der Waals surface area contributed by atoms with Gasteiger partial charge in [-0.2, -0.15) is 0 Å². The van der Waals surface area contributed by atoms with E-state index in [9.17, 15) is 0 Å². The highest BCUT2D eigenvalue weighted by Gasteiger charge is 2.34. The van der Waals surface area contributed by atoms with Crippen LogP contribution in [0.15, 0.2) is 0 Å². The van der Waals surface area contributed by atoms with Crippen LogP contribution in [0.5, 0.6) is 0 Å². The van der Waals surface area contributed by atoms with E-state index in [-0.39, 0.29) is 0 Å². The van der Waals surface area contributed by atoms with E-state index in [0.29, 0.717) is 5.41 Å². The molecule has 0 amide bonds. The molecule has 1 nitrogen and oxygen atoms in total. The average molecular weight is 197 g/mol. The normalized spacial score (nSPS) is 25.3. The summed E-state index contributed by atoms with van der Waals surface area (Å²) in [6.07, 6.45) is 4.11. The van der Waals surface area contributed by atoms with E-state index in [1.54, 1.807) is 0 Å². The van der Waals surface area contributed by atoms with Gasteiger partial charge in [-0.3, -0.25) is 0 Å². The second kappa shape index (κ2) is 4.65. The van der Waals surface area contributed by atoms with E-state index in [0.717, 1.165) is 12.0 Å². The number of likely N-dealkylation sites (tertiary alicyclic amines) is 1. The summed E-state index contributed by atoms with van der Waals surface area (Å²) in [4.78, 5) is 2.62. The summed E-state index contributed by atoms with van der Waals surface area (Å²) in [6.45, 7) is 14.5. The highest BCUT2D eigenvalue weighted by Crippen LogP contribution is 2.40. The summed E-state index contributed by atoms with van der Waals surface area (Å²) in [6, 6.07) is 0.733. The van der Waals surface area contributed by atoms with Gasteiger partial charge < -0.3 is 4.90 Å². The number of piperidine rings is 1. The zero-order chi connectivity index (χ0) is 10.8. The van der Waals surface area contributed by atoms with Crippen LogP contribution in [0.2, 0.25) is 0 Å². The van der Waals surface area contributed by atoms with E-state index >= 15 is 0 Å². The molecule has 1 fully saturated rings. The Morgan fingerprint density at radius 1 is 1.14 bits per heavy atom. The summed E-state index contributed by atoms with van der Waals surface area (Å²) in [5.41, 5.74) is 0.611. The van der Waals surface area contributed by atoms with Gasteiger partial charge in [0, 0.05) is 6.04 Å². The zero-order valence-electron chi connectivity index (χ0n) is 10.6. The van der Waals surface area contributed by atoms with Gasteiger partial charge in [-0.15, -0.1) is 0 Å². The number of nitrogens with zero attached hydrogens (tertiary/aromatic N) is 1. The Morgan fingerprint density at radius 3 is 2.00 bits per heavy atom. The summed E-state index contributed by atoms with van der Waals surface area (Å²) in [5.74, 6) is 0.886. The van der Waals surface area contributed by atoms with E-state index in [1.807, 2.05) is 0 Å². The van der Waals surface area contributed by atoms with Gasteiger partial charge >= 0.3 is 0 Å². The van der Waals surface area contributed by atoms with E-state index in [1.165, 1.54) is 32.4 Å². The maximum Gasteiger partial charge on any atom is 0.00385 e. The van der Waals surface area contributed by atoms with Crippen LogP contribution in [0.25, 0.3) is 0 Å². The maximum absolute atomic E-state index is 2.62. The van der Waals surface area contributed by atoms with Crippen LogP contribution < -0.4 is 0 Å². The summed E-state index contributed by atoms with van der Waals surface area (Å²) in [5, 5.41) is 0. The average Bonchev–Trinajstić information content (AvgIpc) is 2.17. The van der Waals surface area contributed by atoms with Crippen molar-refractivity contribution in [2.45, 2.75) is 59.9 Å². The lowest BCUT2D eigenvalue weighted by atomic mass is 9.70. The molecule has 0 aromatic rings. The first-order valence-corrected chi connectivity index (χ1v) is 6.23. The van der Waals surface area contributed by atoms with Gasteiger partial charge in [0.25, 0.3) is 0 Å². The molecule has 0 aromatic carbocycles. The lowest BCUT2D eigenvalue weighted by Crippen LogP contribution is -2.44. The zero-order valence-corrected chi connectivity index (χ0v) is 10.6. The SMILES string of the molecule is CCC(C)C1(C)CCN(C(C)C)CC1. The molecule has 1 heterocycles. The van der Waals surface area contributed by atoms with Gasteiger partial charge in [-0.1, -0.05) is 27.2 Å². The fraction of sp³-hybridized carbons (Fsp3) is 1.00. The van der Waals surface area contributed by atoms with Gasteiger partial charge in [0.2, 0.25) is 0 Å². The standard InChI is InChI=1S/C13H27N/c1-6-12(4)13(5)7-9-14(10-8-13)11(2)3/h11-12H,6-10H2,1-5H3. The van der Waals surface area contributed by atoms with Crippen LogP contribution in [0, 0.1) is 11.3 Å². The largest absolute Gasteiger partial charge is 0.301 e. The first-order valence-electron chi connectivity index (χ1n) is 6.23. The Balaban J connectivity index is 2.48. The lowest BCUT2D eigenvalue weighted by Gasteiger charge is -2.44. The predicted molar refractivity (Wildman–Crippen MR) is 63.5 cm³/mol. The van der Waals surface area contributed by atoms with Crippen molar-refractivity contribution in [3.63, 3.8) is 0 Å². The minimum atomic E-state index is 0.611. The van der Waals surface area contributed by atoms with E-state index < -0.39 is 0 Å². The molecular weight excluding hydrogens is 170 g/mol. The van der Waals surface area contributed by atoms with Crippen LogP contribution in [0.3, 0.4) is 0 Å². The molecule has 1 aliphatic rings. The Morgan fingerprint density at radius 2 is 1.64 bits per heavy atom. The summed E-state index contributed by atoms with van der Waals surface area (Å²) < 4.78 is 0. The van der Waals surface area contributed by atoms with Crippen molar-refractivity contribution in [2.75, 3.05) is 13.1 Å². The quantitative estimate of drug-likeness (QED) is 0.669. The van der Waals surface area contributed by atoms with Crippen molar-refractivity contribution in [1.82, 2.24) is 4.90 Å². The molecule has 1 saturated heterocycles. The van der Waals surface area contributed by atoms with Crippen molar-refractivity contribution in [2.24, 2.45) is 11.3 Å². The maximum atomic E-state index is 2.62. The molecule has 1 atom stereocenters. The smallest absolute Gasteiger partial charge is 0.00385 e. The predicted octanol–water partition coefficient (Wildman–Crippen LogP) is 3.54. The monoisotopic (exact) mass is 197 g/mol. The molecule has 1 heteroatoms. The second-order valence-corrected chi connectivity index (χ2v) is 5.59. The fourth-order valence-electron chi connectivity index (χ4n) is 2.54. The third kappa shape index (κ3) is 2.50. The van der Waals surface area contributed by atoms with Gasteiger partial charge in [0.05, 0.1) is 0 Å². The van der Waals surface area contributed by atoms with Crippen molar-refractivity contribution < 1.29 is 0 Å². The number of rotatable bonds is 3. The molecule has 0 saturated carbocycles. The molecule has 0 aliphatic carbocycles. The Bertz CT molecular complexity index is 166. The molecular formula is C13H27N. The van der Waals surface area contributed by atoms with Gasteiger partial charge in [-0.05, 0) is 51.1 Å². The molecule has 14 heavy (non-hydrogen) atoms. The highest BCUT2D eigenvalue weighted by molar-refractivity contribution is 4.86. The minimum Gasteiger partial charge on any atom is -0.301 e. The van der Waals surface area contributed by atoms with Crippen molar-refractivity contribution in [1.29, 1.82) is 0 Å². The second-order valence-electron chi connectivity index (χ2n) is 5.59. The third-order valence-corrected chi connectivity index (χ3v) is 4.47. The molecule has 0 spiro atoms. The Labute approximate surface area is 89.9 Å². The molecule has 84 valence electrons. The molecule has 0 N–H and O–H groups in total. The van der Waals surface area contributed by atoms with Gasteiger partial charge in [0.1, 0.15) is 0 Å². The number of hydrogen-bond acceptors (Lipinski definition) is 1. The molecule has 1 unspecified atom stereocenters.